The molecule has 78 valence electrons. The summed E-state index contributed by atoms with van der Waals surface area (Å²) in [6.45, 7) is 2.05. The van der Waals surface area contributed by atoms with Crippen molar-refractivity contribution in [1.82, 2.24) is 5.32 Å². The third-order valence-corrected chi connectivity index (χ3v) is 1.98. The first-order valence-corrected chi connectivity index (χ1v) is 4.63. The lowest BCUT2D eigenvalue weighted by Crippen LogP contribution is -2.24. The highest BCUT2D eigenvalue weighted by Gasteiger charge is 2.06. The van der Waals surface area contributed by atoms with E-state index in [9.17, 15) is 9.18 Å². The molecule has 1 N–H and O–H groups in total. The summed E-state index contributed by atoms with van der Waals surface area (Å²) < 4.78 is 12.9. The van der Waals surface area contributed by atoms with Gasteiger partial charge < -0.3 is 5.32 Å². The molecule has 0 saturated heterocycles. The van der Waals surface area contributed by atoms with E-state index in [-0.39, 0.29) is 11.7 Å². The monoisotopic (exact) mass is 205 g/mol. The molecule has 0 radical (unpaired) electrons. The third kappa shape index (κ3) is 3.10. The molecule has 1 amide bonds. The van der Waals surface area contributed by atoms with Crippen LogP contribution in [0.3, 0.4) is 0 Å². The zero-order valence-electron chi connectivity index (χ0n) is 8.51. The predicted octanol–water partition coefficient (Wildman–Crippen LogP) is 1.89. The lowest BCUT2D eigenvalue weighted by Gasteiger charge is -2.04. The molecule has 0 heterocycles. The number of amides is 1. The van der Waals surface area contributed by atoms with Crippen LogP contribution in [0.1, 0.15) is 22.3 Å². The molecule has 0 aromatic heterocycles. The molecule has 0 aliphatic rings. The van der Waals surface area contributed by atoms with Crippen LogP contribution in [0.25, 0.3) is 0 Å². The Labute approximate surface area is 88.5 Å². The molecule has 3 heteroatoms. The van der Waals surface area contributed by atoms with Gasteiger partial charge in [-0.2, -0.15) is 0 Å². The first-order valence-electron chi connectivity index (χ1n) is 4.63. The molecule has 0 unspecified atom stereocenters. The molecule has 0 fully saturated rings. The summed E-state index contributed by atoms with van der Waals surface area (Å²) in [5, 5.41) is 2.64. The lowest BCUT2D eigenvalue weighted by molar-refractivity contribution is 0.0954. The molecule has 0 atom stereocenters. The number of terminal acetylenes is 1. The van der Waals surface area contributed by atoms with Crippen molar-refractivity contribution in [3.05, 3.63) is 35.1 Å². The van der Waals surface area contributed by atoms with Gasteiger partial charge in [-0.25, -0.2) is 4.39 Å². The second-order valence-electron chi connectivity index (χ2n) is 3.17. The second-order valence-corrected chi connectivity index (χ2v) is 3.17. The summed E-state index contributed by atoms with van der Waals surface area (Å²) in [6, 6.07) is 4.25. The van der Waals surface area contributed by atoms with Crippen molar-refractivity contribution in [1.29, 1.82) is 0 Å². The number of hydrogen-bond donors (Lipinski definition) is 1. The highest BCUT2D eigenvalue weighted by molar-refractivity contribution is 5.94. The van der Waals surface area contributed by atoms with Gasteiger partial charge in [0.25, 0.3) is 5.91 Å². The predicted molar refractivity (Wildman–Crippen MR) is 56.9 cm³/mol. The minimum Gasteiger partial charge on any atom is -0.351 e. The Bertz CT molecular complexity index is 407. The fraction of sp³-hybridized carbons (Fsp3) is 0.250. The maximum Gasteiger partial charge on any atom is 0.251 e. The van der Waals surface area contributed by atoms with Crippen molar-refractivity contribution < 1.29 is 9.18 Å². The summed E-state index contributed by atoms with van der Waals surface area (Å²) in [7, 11) is 0. The molecule has 1 aromatic carbocycles. The molecule has 1 aromatic rings. The standard InChI is InChI=1S/C12H12FNO/c1-3-4-7-14-12(15)10-5-6-11(13)9(2)8-10/h1,5-6,8H,4,7H2,2H3,(H,14,15). The Kier molecular flexibility index (Phi) is 3.87. The van der Waals surface area contributed by atoms with E-state index in [0.29, 0.717) is 24.1 Å². The normalized spacial score (nSPS) is 9.40. The van der Waals surface area contributed by atoms with E-state index >= 15 is 0 Å². The maximum atomic E-state index is 12.9. The average molecular weight is 205 g/mol. The zero-order valence-corrected chi connectivity index (χ0v) is 8.51. The number of nitrogens with one attached hydrogen (secondary N) is 1. The van der Waals surface area contributed by atoms with E-state index < -0.39 is 0 Å². The van der Waals surface area contributed by atoms with E-state index in [1.165, 1.54) is 18.2 Å². The summed E-state index contributed by atoms with van der Waals surface area (Å²) in [4.78, 5) is 11.5. The Morgan fingerprint density at radius 3 is 2.93 bits per heavy atom. The van der Waals surface area contributed by atoms with Crippen LogP contribution in [0.2, 0.25) is 0 Å². The number of aryl methyl sites for hydroxylation is 1. The van der Waals surface area contributed by atoms with Crippen molar-refractivity contribution in [3.8, 4) is 12.3 Å². The highest BCUT2D eigenvalue weighted by atomic mass is 19.1. The van der Waals surface area contributed by atoms with Crippen LogP contribution < -0.4 is 5.32 Å². The minimum atomic E-state index is -0.310. The molecule has 15 heavy (non-hydrogen) atoms. The SMILES string of the molecule is C#CCCNC(=O)c1ccc(F)c(C)c1. The van der Waals surface area contributed by atoms with Crippen LogP contribution in [0.5, 0.6) is 0 Å². The van der Waals surface area contributed by atoms with Crippen LogP contribution in [-0.4, -0.2) is 12.5 Å². The number of halogens is 1. The van der Waals surface area contributed by atoms with E-state index in [0.717, 1.165) is 0 Å². The molecular weight excluding hydrogens is 193 g/mol. The fourth-order valence-electron chi connectivity index (χ4n) is 1.14. The molecule has 0 aliphatic carbocycles. The van der Waals surface area contributed by atoms with E-state index in [4.69, 9.17) is 6.42 Å². The van der Waals surface area contributed by atoms with Crippen molar-refractivity contribution in [2.45, 2.75) is 13.3 Å². The smallest absolute Gasteiger partial charge is 0.251 e. The summed E-state index contributed by atoms with van der Waals surface area (Å²) in [5.74, 6) is 1.88. The molecule has 0 saturated carbocycles. The van der Waals surface area contributed by atoms with Gasteiger partial charge in [0.2, 0.25) is 0 Å². The molecule has 1 rings (SSSR count). The van der Waals surface area contributed by atoms with Crippen molar-refractivity contribution in [2.75, 3.05) is 6.54 Å². The quantitative estimate of drug-likeness (QED) is 0.592. The summed E-state index contributed by atoms with van der Waals surface area (Å²) >= 11 is 0. The largest absolute Gasteiger partial charge is 0.351 e. The van der Waals surface area contributed by atoms with Gasteiger partial charge in [0, 0.05) is 18.5 Å². The molecule has 0 aliphatic heterocycles. The summed E-state index contributed by atoms with van der Waals surface area (Å²) in [6.07, 6.45) is 5.54. The van der Waals surface area contributed by atoms with Crippen LogP contribution in [0, 0.1) is 25.1 Å². The fourth-order valence-corrected chi connectivity index (χ4v) is 1.14. The van der Waals surface area contributed by atoms with Crippen molar-refractivity contribution in [2.24, 2.45) is 0 Å². The molecular formula is C12H12FNO. The van der Waals surface area contributed by atoms with E-state index in [1.54, 1.807) is 6.92 Å². The van der Waals surface area contributed by atoms with Gasteiger partial charge in [0.1, 0.15) is 5.82 Å². The van der Waals surface area contributed by atoms with Crippen LogP contribution >= 0.6 is 0 Å². The first-order chi connectivity index (χ1) is 7.15. The number of rotatable bonds is 3. The Morgan fingerprint density at radius 1 is 1.60 bits per heavy atom. The highest BCUT2D eigenvalue weighted by Crippen LogP contribution is 2.08. The van der Waals surface area contributed by atoms with Gasteiger partial charge in [-0.15, -0.1) is 12.3 Å². The van der Waals surface area contributed by atoms with Gasteiger partial charge in [-0.3, -0.25) is 4.79 Å². The number of carbonyl (C=O) groups excluding carboxylic acids is 1. The van der Waals surface area contributed by atoms with Crippen LogP contribution in [0.15, 0.2) is 18.2 Å². The molecule has 0 spiro atoms. The second kappa shape index (κ2) is 5.16. The number of benzene rings is 1. The maximum absolute atomic E-state index is 12.9. The van der Waals surface area contributed by atoms with Gasteiger partial charge in [0.15, 0.2) is 0 Å². The number of carbonyl (C=O) groups is 1. The van der Waals surface area contributed by atoms with Crippen molar-refractivity contribution >= 4 is 5.91 Å². The van der Waals surface area contributed by atoms with E-state index in [1.807, 2.05) is 0 Å². The lowest BCUT2D eigenvalue weighted by atomic mass is 10.1. The van der Waals surface area contributed by atoms with Crippen LogP contribution in [-0.2, 0) is 0 Å². The topological polar surface area (TPSA) is 29.1 Å². The Balaban J connectivity index is 2.67. The number of hydrogen-bond acceptors (Lipinski definition) is 1. The zero-order chi connectivity index (χ0) is 11.3. The van der Waals surface area contributed by atoms with Crippen molar-refractivity contribution in [3.63, 3.8) is 0 Å². The van der Waals surface area contributed by atoms with E-state index in [2.05, 4.69) is 11.2 Å². The Morgan fingerprint density at radius 2 is 2.33 bits per heavy atom. The average Bonchev–Trinajstić information content (AvgIpc) is 2.22. The van der Waals surface area contributed by atoms with Gasteiger partial charge >= 0.3 is 0 Å². The minimum absolute atomic E-state index is 0.228. The van der Waals surface area contributed by atoms with Gasteiger partial charge in [-0.1, -0.05) is 0 Å². The molecule has 2 nitrogen and oxygen atoms in total. The third-order valence-electron chi connectivity index (χ3n) is 1.98. The molecule has 0 bridgehead atoms. The summed E-state index contributed by atoms with van der Waals surface area (Å²) in [5.41, 5.74) is 0.908. The Hall–Kier alpha value is -1.82. The van der Waals surface area contributed by atoms with Crippen LogP contribution in [0.4, 0.5) is 4.39 Å². The first kappa shape index (κ1) is 11.3. The van der Waals surface area contributed by atoms with Gasteiger partial charge in [0.05, 0.1) is 0 Å². The van der Waals surface area contributed by atoms with Gasteiger partial charge in [-0.05, 0) is 30.7 Å².